The second kappa shape index (κ2) is 10.8. The number of methoxy groups -OCH3 is 2. The average molecular weight is 493 g/mol. The van der Waals surface area contributed by atoms with Gasteiger partial charge in [0.2, 0.25) is 5.76 Å². The van der Waals surface area contributed by atoms with Gasteiger partial charge in [0.15, 0.2) is 18.1 Å². The molecule has 180 valence electrons. The smallest absolute Gasteiger partial charge is 0.373 e. The third kappa shape index (κ3) is 5.49. The molecule has 3 rings (SSSR count). The Balaban J connectivity index is 1.86. The number of carbonyl (C=O) groups excluding carboxylic acids is 4. The summed E-state index contributed by atoms with van der Waals surface area (Å²) in [7, 11) is 2.59. The van der Waals surface area contributed by atoms with Crippen molar-refractivity contribution in [2.45, 2.75) is 13.5 Å². The molecule has 2 heterocycles. The minimum Gasteiger partial charge on any atom is -0.493 e. The highest BCUT2D eigenvalue weighted by atomic mass is 35.5. The number of esters is 2. The molecule has 1 aromatic heterocycles. The molecule has 1 fully saturated rings. The van der Waals surface area contributed by atoms with Crippen molar-refractivity contribution in [3.8, 4) is 11.5 Å². The van der Waals surface area contributed by atoms with E-state index in [4.69, 9.17) is 30.2 Å². The maximum Gasteiger partial charge on any atom is 0.373 e. The zero-order chi connectivity index (χ0) is 24.8. The monoisotopic (exact) mass is 492 g/mol. The Morgan fingerprint density at radius 2 is 1.97 bits per heavy atom. The highest BCUT2D eigenvalue weighted by Crippen LogP contribution is 2.36. The number of imide groups is 1. The van der Waals surface area contributed by atoms with E-state index in [9.17, 15) is 19.2 Å². The standard InChI is InChI=1S/C22H21ClN2O9/c1-4-32-18(26)11-33-19-12(7-13(23)9-17(19)30-2)8-15-20(27)25(22(29)24-15)10-14-5-6-16(34-14)21(28)31-3/h5-9H,4,10-11H2,1-3H3,(H,24,29). The molecule has 34 heavy (non-hydrogen) atoms. The maximum atomic E-state index is 12.9. The van der Waals surface area contributed by atoms with Crippen molar-refractivity contribution in [1.82, 2.24) is 10.2 Å². The van der Waals surface area contributed by atoms with Crippen LogP contribution in [0.4, 0.5) is 4.79 Å². The van der Waals surface area contributed by atoms with Crippen LogP contribution in [0.3, 0.4) is 0 Å². The van der Waals surface area contributed by atoms with Crippen LogP contribution in [0, 0.1) is 0 Å². The van der Waals surface area contributed by atoms with Gasteiger partial charge in [-0.05, 0) is 31.2 Å². The molecule has 1 aliphatic rings. The van der Waals surface area contributed by atoms with Gasteiger partial charge in [-0.15, -0.1) is 0 Å². The molecule has 0 spiro atoms. The van der Waals surface area contributed by atoms with Gasteiger partial charge in [0.25, 0.3) is 5.91 Å². The van der Waals surface area contributed by atoms with Crippen molar-refractivity contribution in [3.63, 3.8) is 0 Å². The number of halogens is 1. The van der Waals surface area contributed by atoms with Gasteiger partial charge >= 0.3 is 18.0 Å². The number of hydrogen-bond donors (Lipinski definition) is 1. The molecule has 0 radical (unpaired) electrons. The number of rotatable bonds is 9. The van der Waals surface area contributed by atoms with E-state index >= 15 is 0 Å². The molecule has 1 N–H and O–H groups in total. The molecule has 1 aromatic carbocycles. The number of urea groups is 1. The molecule has 0 saturated carbocycles. The predicted molar refractivity (Wildman–Crippen MR) is 117 cm³/mol. The molecule has 1 aliphatic heterocycles. The minimum absolute atomic E-state index is 0.0604. The first-order chi connectivity index (χ1) is 16.3. The molecule has 0 aliphatic carbocycles. The quantitative estimate of drug-likeness (QED) is 0.318. The third-order valence-electron chi connectivity index (χ3n) is 4.53. The number of furan rings is 1. The van der Waals surface area contributed by atoms with Crippen LogP contribution in [0.1, 0.15) is 28.8 Å². The second-order valence-electron chi connectivity index (χ2n) is 6.76. The van der Waals surface area contributed by atoms with Crippen molar-refractivity contribution in [1.29, 1.82) is 0 Å². The summed E-state index contributed by atoms with van der Waals surface area (Å²) in [6, 6.07) is 5.09. The van der Waals surface area contributed by atoms with E-state index in [1.165, 1.54) is 44.6 Å². The van der Waals surface area contributed by atoms with Crippen molar-refractivity contribution >= 4 is 41.6 Å². The molecular weight excluding hydrogens is 472 g/mol. The van der Waals surface area contributed by atoms with Gasteiger partial charge < -0.3 is 28.7 Å². The van der Waals surface area contributed by atoms with Crippen molar-refractivity contribution in [2.75, 3.05) is 27.4 Å². The molecule has 3 amide bonds. The Kier molecular flexibility index (Phi) is 7.79. The lowest BCUT2D eigenvalue weighted by molar-refractivity contribution is -0.145. The summed E-state index contributed by atoms with van der Waals surface area (Å²) in [4.78, 5) is 49.5. The van der Waals surface area contributed by atoms with Gasteiger partial charge in [-0.1, -0.05) is 11.6 Å². The van der Waals surface area contributed by atoms with Crippen LogP contribution in [-0.2, 0) is 25.6 Å². The van der Waals surface area contributed by atoms with Crippen LogP contribution >= 0.6 is 11.6 Å². The van der Waals surface area contributed by atoms with E-state index in [1.54, 1.807) is 6.92 Å². The lowest BCUT2D eigenvalue weighted by Crippen LogP contribution is -2.30. The third-order valence-corrected chi connectivity index (χ3v) is 4.75. The van der Waals surface area contributed by atoms with E-state index in [2.05, 4.69) is 10.1 Å². The lowest BCUT2D eigenvalue weighted by atomic mass is 10.1. The van der Waals surface area contributed by atoms with Gasteiger partial charge in [-0.25, -0.2) is 14.4 Å². The lowest BCUT2D eigenvalue weighted by Gasteiger charge is -2.14. The van der Waals surface area contributed by atoms with Crippen LogP contribution in [-0.4, -0.2) is 56.2 Å². The van der Waals surface area contributed by atoms with E-state index in [0.717, 1.165) is 4.90 Å². The fourth-order valence-corrected chi connectivity index (χ4v) is 3.25. The number of hydrogen-bond acceptors (Lipinski definition) is 9. The summed E-state index contributed by atoms with van der Waals surface area (Å²) in [5, 5.41) is 2.74. The Morgan fingerprint density at radius 3 is 2.65 bits per heavy atom. The first-order valence-electron chi connectivity index (χ1n) is 9.94. The summed E-state index contributed by atoms with van der Waals surface area (Å²) in [5.74, 6) is -1.46. The SMILES string of the molecule is CCOC(=O)COc1c(C=C2NC(=O)N(Cc3ccc(C(=O)OC)o3)C2=O)cc(Cl)cc1OC. The van der Waals surface area contributed by atoms with Gasteiger partial charge in [0, 0.05) is 16.7 Å². The number of carbonyl (C=O) groups is 4. The molecule has 2 aromatic rings. The van der Waals surface area contributed by atoms with Gasteiger partial charge in [0.05, 0.1) is 27.4 Å². The molecule has 11 nitrogen and oxygen atoms in total. The highest BCUT2D eigenvalue weighted by Gasteiger charge is 2.35. The van der Waals surface area contributed by atoms with Crippen LogP contribution in [0.5, 0.6) is 11.5 Å². The number of ether oxygens (including phenoxy) is 4. The number of nitrogens with one attached hydrogen (secondary N) is 1. The molecule has 0 atom stereocenters. The largest absolute Gasteiger partial charge is 0.493 e. The molecule has 0 unspecified atom stereocenters. The summed E-state index contributed by atoms with van der Waals surface area (Å²) >= 11 is 6.15. The second-order valence-corrected chi connectivity index (χ2v) is 7.19. The maximum absolute atomic E-state index is 12.9. The van der Waals surface area contributed by atoms with E-state index in [-0.39, 0.29) is 52.5 Å². The molecular formula is C22H21ClN2O9. The summed E-state index contributed by atoms with van der Waals surface area (Å²) in [6.07, 6.45) is 1.34. The van der Waals surface area contributed by atoms with E-state index < -0.39 is 30.5 Å². The summed E-state index contributed by atoms with van der Waals surface area (Å²) in [5.41, 5.74) is 0.208. The summed E-state index contributed by atoms with van der Waals surface area (Å²) < 4.78 is 25.6. The number of nitrogens with zero attached hydrogens (tertiary/aromatic N) is 1. The van der Waals surface area contributed by atoms with E-state index in [0.29, 0.717) is 0 Å². The van der Waals surface area contributed by atoms with Crippen LogP contribution in [0.2, 0.25) is 5.02 Å². The first-order valence-corrected chi connectivity index (χ1v) is 10.3. The van der Waals surface area contributed by atoms with Gasteiger partial charge in [-0.2, -0.15) is 0 Å². The minimum atomic E-state index is -0.699. The fraction of sp³-hybridized carbons (Fsp3) is 0.273. The zero-order valence-corrected chi connectivity index (χ0v) is 19.3. The van der Waals surface area contributed by atoms with E-state index in [1.807, 2.05) is 0 Å². The van der Waals surface area contributed by atoms with Crippen LogP contribution in [0.25, 0.3) is 6.08 Å². The first kappa shape index (κ1) is 24.6. The van der Waals surface area contributed by atoms with Crippen LogP contribution < -0.4 is 14.8 Å². The Morgan fingerprint density at radius 1 is 1.21 bits per heavy atom. The average Bonchev–Trinajstić information content (AvgIpc) is 3.38. The molecule has 1 saturated heterocycles. The molecule has 12 heteroatoms. The predicted octanol–water partition coefficient (Wildman–Crippen LogP) is 2.76. The highest BCUT2D eigenvalue weighted by molar-refractivity contribution is 6.31. The van der Waals surface area contributed by atoms with Crippen molar-refractivity contribution in [2.24, 2.45) is 0 Å². The van der Waals surface area contributed by atoms with Gasteiger partial charge in [-0.3, -0.25) is 9.69 Å². The Hall–Kier alpha value is -3.99. The fourth-order valence-electron chi connectivity index (χ4n) is 3.04. The topological polar surface area (TPSA) is 134 Å². The normalized spacial score (nSPS) is 14.2. The molecule has 0 bridgehead atoms. The van der Waals surface area contributed by atoms with Crippen molar-refractivity contribution < 1.29 is 42.5 Å². The summed E-state index contributed by atoms with van der Waals surface area (Å²) in [6.45, 7) is 1.22. The Bertz CT molecular complexity index is 1160. The number of amides is 3. The Labute approximate surface area is 199 Å². The number of benzene rings is 1. The van der Waals surface area contributed by atoms with Crippen molar-refractivity contribution in [3.05, 3.63) is 52.1 Å². The van der Waals surface area contributed by atoms with Crippen LogP contribution in [0.15, 0.2) is 34.4 Å². The van der Waals surface area contributed by atoms with Gasteiger partial charge in [0.1, 0.15) is 11.5 Å². The zero-order valence-electron chi connectivity index (χ0n) is 18.5.